The van der Waals surface area contributed by atoms with Crippen LogP contribution in [0.5, 0.6) is 11.5 Å². The molecule has 1 aliphatic heterocycles. The van der Waals surface area contributed by atoms with Gasteiger partial charge < -0.3 is 14.8 Å². The van der Waals surface area contributed by atoms with Crippen LogP contribution in [-0.4, -0.2) is 27.3 Å². The molecule has 2 rings (SSSR count). The second kappa shape index (κ2) is 6.88. The van der Waals surface area contributed by atoms with E-state index in [-0.39, 0.29) is 11.3 Å². The van der Waals surface area contributed by atoms with Crippen molar-refractivity contribution in [2.45, 2.75) is 25.7 Å². The van der Waals surface area contributed by atoms with Crippen LogP contribution >= 0.6 is 0 Å². The summed E-state index contributed by atoms with van der Waals surface area (Å²) in [7, 11) is 2.86. The minimum absolute atomic E-state index is 0.0872. The van der Waals surface area contributed by atoms with Crippen molar-refractivity contribution in [3.63, 3.8) is 0 Å². The van der Waals surface area contributed by atoms with Crippen LogP contribution in [0.1, 0.15) is 30.4 Å². The van der Waals surface area contributed by atoms with Gasteiger partial charge in [-0.05, 0) is 56.0 Å². The van der Waals surface area contributed by atoms with Gasteiger partial charge in [0.2, 0.25) is 0 Å². The van der Waals surface area contributed by atoms with Gasteiger partial charge in [-0.1, -0.05) is 0 Å². The first kappa shape index (κ1) is 15.0. The molecule has 0 spiro atoms. The fraction of sp³-hybridized carbons (Fsp3) is 0.600. The molecule has 0 bridgehead atoms. The summed E-state index contributed by atoms with van der Waals surface area (Å²) in [6.45, 7) is 2.00. The number of benzene rings is 1. The molecular weight excluding hydrogens is 264 g/mol. The summed E-state index contributed by atoms with van der Waals surface area (Å²) < 4.78 is 36.5. The zero-order valence-corrected chi connectivity index (χ0v) is 11.9. The largest absolute Gasteiger partial charge is 0.493 e. The summed E-state index contributed by atoms with van der Waals surface area (Å²) in [6, 6.07) is 3.36. The lowest BCUT2D eigenvalue weighted by Gasteiger charge is -2.23. The molecule has 3 nitrogen and oxygen atoms in total. The third-order valence-corrected chi connectivity index (χ3v) is 3.79. The zero-order valence-electron chi connectivity index (χ0n) is 11.9. The average Bonchev–Trinajstić information content (AvgIpc) is 2.47. The molecule has 0 saturated carbocycles. The van der Waals surface area contributed by atoms with E-state index in [1.807, 2.05) is 6.07 Å². The summed E-state index contributed by atoms with van der Waals surface area (Å²) in [6.07, 6.45) is 0.408. The first-order valence-electron chi connectivity index (χ1n) is 6.89. The minimum Gasteiger partial charge on any atom is -0.493 e. The van der Waals surface area contributed by atoms with Gasteiger partial charge in [0.1, 0.15) is 0 Å². The maximum Gasteiger partial charge on any atom is 0.267 e. The second-order valence-corrected chi connectivity index (χ2v) is 5.12. The van der Waals surface area contributed by atoms with Gasteiger partial charge in [-0.25, -0.2) is 8.78 Å². The Morgan fingerprint density at radius 2 is 1.90 bits per heavy atom. The lowest BCUT2D eigenvalue weighted by Crippen LogP contribution is -2.28. The third-order valence-electron chi connectivity index (χ3n) is 3.79. The molecule has 1 saturated heterocycles. The standard InChI is InChI=1S/C15H21F2NO2/c1-19-13-9-11(7-10-3-5-18-6-4-10)8-12(15(16)17)14(13)20-2/h8-10,15,18H,3-7H2,1-2H3. The second-order valence-electron chi connectivity index (χ2n) is 5.12. The normalized spacial score (nSPS) is 16.4. The number of hydrogen-bond donors (Lipinski definition) is 1. The van der Waals surface area contributed by atoms with Gasteiger partial charge in [0.25, 0.3) is 6.43 Å². The summed E-state index contributed by atoms with van der Waals surface area (Å²) in [5, 5.41) is 3.31. The Bertz CT molecular complexity index is 446. The average molecular weight is 285 g/mol. The van der Waals surface area contributed by atoms with E-state index in [1.54, 1.807) is 6.07 Å². The SMILES string of the molecule is COc1cc(CC2CCNCC2)cc(C(F)F)c1OC. The van der Waals surface area contributed by atoms with Crippen LogP contribution in [0.3, 0.4) is 0 Å². The van der Waals surface area contributed by atoms with Crippen molar-refractivity contribution >= 4 is 0 Å². The highest BCUT2D eigenvalue weighted by molar-refractivity contribution is 5.50. The molecule has 0 amide bonds. The lowest BCUT2D eigenvalue weighted by molar-refractivity contribution is 0.146. The van der Waals surface area contributed by atoms with Crippen LogP contribution in [0.15, 0.2) is 12.1 Å². The van der Waals surface area contributed by atoms with Gasteiger partial charge in [0, 0.05) is 0 Å². The highest BCUT2D eigenvalue weighted by atomic mass is 19.3. The molecule has 1 fully saturated rings. The molecule has 20 heavy (non-hydrogen) atoms. The Hall–Kier alpha value is -1.36. The van der Waals surface area contributed by atoms with Crippen molar-refractivity contribution in [3.8, 4) is 11.5 Å². The predicted octanol–water partition coefficient (Wildman–Crippen LogP) is 3.18. The van der Waals surface area contributed by atoms with E-state index in [1.165, 1.54) is 14.2 Å². The van der Waals surface area contributed by atoms with Gasteiger partial charge in [-0.3, -0.25) is 0 Å². The van der Waals surface area contributed by atoms with E-state index in [4.69, 9.17) is 9.47 Å². The van der Waals surface area contributed by atoms with Crippen LogP contribution in [0.25, 0.3) is 0 Å². The first-order valence-corrected chi connectivity index (χ1v) is 6.89. The number of piperidine rings is 1. The Morgan fingerprint density at radius 1 is 1.20 bits per heavy atom. The first-order chi connectivity index (χ1) is 9.65. The van der Waals surface area contributed by atoms with Crippen LogP contribution in [0.4, 0.5) is 8.78 Å². The van der Waals surface area contributed by atoms with E-state index in [2.05, 4.69) is 5.32 Å². The summed E-state index contributed by atoms with van der Waals surface area (Å²) in [4.78, 5) is 0. The highest BCUT2D eigenvalue weighted by Crippen LogP contribution is 2.39. The Kier molecular flexibility index (Phi) is 5.17. The number of alkyl halides is 2. The van der Waals surface area contributed by atoms with E-state index in [9.17, 15) is 8.78 Å². The number of halogens is 2. The number of hydrogen-bond acceptors (Lipinski definition) is 3. The summed E-state index contributed by atoms with van der Waals surface area (Å²) in [5.74, 6) is 1.06. The van der Waals surface area contributed by atoms with E-state index in [0.29, 0.717) is 11.7 Å². The van der Waals surface area contributed by atoms with Gasteiger partial charge in [0.05, 0.1) is 19.8 Å². The number of rotatable bonds is 5. The molecule has 1 heterocycles. The van der Waals surface area contributed by atoms with Crippen molar-refractivity contribution in [1.29, 1.82) is 0 Å². The molecule has 112 valence electrons. The summed E-state index contributed by atoms with van der Waals surface area (Å²) >= 11 is 0. The van der Waals surface area contributed by atoms with E-state index in [0.717, 1.165) is 37.9 Å². The lowest BCUT2D eigenvalue weighted by atomic mass is 9.90. The maximum atomic E-state index is 13.1. The van der Waals surface area contributed by atoms with Crippen molar-refractivity contribution < 1.29 is 18.3 Å². The van der Waals surface area contributed by atoms with Gasteiger partial charge in [-0.15, -0.1) is 0 Å². The smallest absolute Gasteiger partial charge is 0.267 e. The molecule has 5 heteroatoms. The highest BCUT2D eigenvalue weighted by Gasteiger charge is 2.21. The number of nitrogens with one attached hydrogen (secondary N) is 1. The monoisotopic (exact) mass is 285 g/mol. The molecule has 0 unspecified atom stereocenters. The molecule has 1 N–H and O–H groups in total. The zero-order chi connectivity index (χ0) is 14.5. The quantitative estimate of drug-likeness (QED) is 0.901. The summed E-state index contributed by atoms with van der Waals surface area (Å²) in [5.41, 5.74) is 0.806. The van der Waals surface area contributed by atoms with Crippen molar-refractivity contribution in [3.05, 3.63) is 23.3 Å². The third kappa shape index (κ3) is 3.39. The molecule has 1 aromatic carbocycles. The Labute approximate surface area is 118 Å². The van der Waals surface area contributed by atoms with Gasteiger partial charge in [0.15, 0.2) is 11.5 Å². The molecule has 0 radical (unpaired) electrons. The Balaban J connectivity index is 2.26. The van der Waals surface area contributed by atoms with Crippen LogP contribution in [0, 0.1) is 5.92 Å². The molecule has 1 aliphatic rings. The van der Waals surface area contributed by atoms with Crippen molar-refractivity contribution in [2.24, 2.45) is 5.92 Å². The number of methoxy groups -OCH3 is 2. The molecule has 0 atom stereocenters. The van der Waals surface area contributed by atoms with Gasteiger partial charge in [-0.2, -0.15) is 0 Å². The van der Waals surface area contributed by atoms with Crippen LogP contribution in [0.2, 0.25) is 0 Å². The van der Waals surface area contributed by atoms with Crippen LogP contribution < -0.4 is 14.8 Å². The van der Waals surface area contributed by atoms with Crippen molar-refractivity contribution in [2.75, 3.05) is 27.3 Å². The molecule has 1 aromatic rings. The van der Waals surface area contributed by atoms with E-state index >= 15 is 0 Å². The van der Waals surface area contributed by atoms with E-state index < -0.39 is 6.43 Å². The fourth-order valence-electron chi connectivity index (χ4n) is 2.75. The number of ether oxygens (including phenoxy) is 2. The minimum atomic E-state index is -2.56. The van der Waals surface area contributed by atoms with Gasteiger partial charge >= 0.3 is 0 Å². The molecular formula is C15H21F2NO2. The topological polar surface area (TPSA) is 30.5 Å². The molecule has 0 aliphatic carbocycles. The van der Waals surface area contributed by atoms with Crippen molar-refractivity contribution in [1.82, 2.24) is 5.32 Å². The predicted molar refractivity (Wildman–Crippen MR) is 73.8 cm³/mol. The van der Waals surface area contributed by atoms with Crippen LogP contribution in [-0.2, 0) is 6.42 Å². The Morgan fingerprint density at radius 3 is 2.45 bits per heavy atom. The maximum absolute atomic E-state index is 13.1. The molecule has 0 aromatic heterocycles. The fourth-order valence-corrected chi connectivity index (χ4v) is 2.75.